The van der Waals surface area contributed by atoms with Gasteiger partial charge in [-0.25, -0.2) is 9.97 Å². The maximum Gasteiger partial charge on any atom is 0.301 e. The van der Waals surface area contributed by atoms with Gasteiger partial charge in [-0.3, -0.25) is 14.5 Å². The first kappa shape index (κ1) is 25.6. The molecule has 0 spiro atoms. The average molecular weight is 555 g/mol. The van der Waals surface area contributed by atoms with Gasteiger partial charge in [-0.05, 0) is 74.7 Å². The molecule has 1 aliphatic heterocycles. The third-order valence-electron chi connectivity index (χ3n) is 7.09. The summed E-state index contributed by atoms with van der Waals surface area (Å²) in [6, 6.07) is 13.1. The predicted molar refractivity (Wildman–Crippen MR) is 153 cm³/mol. The number of ether oxygens (including phenoxy) is 1. The molecule has 6 rings (SSSR count). The van der Waals surface area contributed by atoms with Crippen LogP contribution in [0.2, 0.25) is 0 Å². The Bertz CT molecular complexity index is 1890. The maximum atomic E-state index is 13.7. The number of rotatable bonds is 5. The van der Waals surface area contributed by atoms with Crippen LogP contribution < -0.4 is 9.64 Å². The number of ketones is 1. The van der Waals surface area contributed by atoms with Gasteiger partial charge in [0.2, 0.25) is 0 Å². The SMILES string of the molecule is CCOc1cc(C2C(=C(O)c3nc4c(C)cccn4c3C)C(=O)C(=O)N2c2nc3ccc(C)cc3s2)ccc1O. The molecule has 4 heterocycles. The molecule has 5 aromatic rings. The Morgan fingerprint density at radius 3 is 2.62 bits per heavy atom. The monoisotopic (exact) mass is 554 g/mol. The highest BCUT2D eigenvalue weighted by atomic mass is 32.1. The molecule has 1 fully saturated rings. The van der Waals surface area contributed by atoms with Crippen molar-refractivity contribution in [3.8, 4) is 11.5 Å². The number of hydrogen-bond donors (Lipinski definition) is 2. The minimum atomic E-state index is -1.04. The predicted octanol–water partition coefficient (Wildman–Crippen LogP) is 5.60. The molecule has 202 valence electrons. The Hall–Kier alpha value is -4.70. The van der Waals surface area contributed by atoms with E-state index in [9.17, 15) is 19.8 Å². The molecule has 1 aliphatic rings. The first-order valence-electron chi connectivity index (χ1n) is 12.8. The van der Waals surface area contributed by atoms with Crippen LogP contribution in [0.15, 0.2) is 60.3 Å². The van der Waals surface area contributed by atoms with Crippen LogP contribution in [0.5, 0.6) is 11.5 Å². The van der Waals surface area contributed by atoms with Gasteiger partial charge in [-0.15, -0.1) is 0 Å². The number of pyridine rings is 1. The van der Waals surface area contributed by atoms with Crippen LogP contribution in [0.1, 0.15) is 41.0 Å². The number of Topliss-reactive ketones (excluding diaryl/α,β-unsaturated/α-hetero) is 1. The molecule has 1 atom stereocenters. The van der Waals surface area contributed by atoms with E-state index in [-0.39, 0.29) is 28.5 Å². The van der Waals surface area contributed by atoms with E-state index in [0.29, 0.717) is 34.2 Å². The van der Waals surface area contributed by atoms with Crippen LogP contribution in [0.25, 0.3) is 21.6 Å². The Labute approximate surface area is 233 Å². The standard InChI is InChI=1S/C30H26N4O5S/c1-5-39-21-14-18(9-11-20(21)35)25-23(26(36)24-17(4)33-12-6-7-16(3)28(33)32-24)27(37)29(38)34(25)30-31-19-10-8-15(2)13-22(19)40-30/h6-14,25,35-36H,5H2,1-4H3. The van der Waals surface area contributed by atoms with Crippen LogP contribution in [0.4, 0.5) is 5.13 Å². The zero-order chi connectivity index (χ0) is 28.3. The number of thiazole rings is 1. The van der Waals surface area contributed by atoms with Gasteiger partial charge in [0.25, 0.3) is 5.78 Å². The summed E-state index contributed by atoms with van der Waals surface area (Å²) in [6.07, 6.45) is 1.83. The number of aliphatic hydroxyl groups excluding tert-OH is 1. The topological polar surface area (TPSA) is 117 Å². The number of aryl methyl sites for hydroxylation is 3. The third-order valence-corrected chi connectivity index (χ3v) is 8.11. The number of fused-ring (bicyclic) bond motifs is 2. The lowest BCUT2D eigenvalue weighted by Gasteiger charge is -2.23. The number of nitrogens with zero attached hydrogens (tertiary/aromatic N) is 4. The Balaban J connectivity index is 1.61. The van der Waals surface area contributed by atoms with Crippen molar-refractivity contribution in [3.05, 3.63) is 88.4 Å². The summed E-state index contributed by atoms with van der Waals surface area (Å²) in [4.78, 5) is 38.0. The second-order valence-corrected chi connectivity index (χ2v) is 10.7. The Morgan fingerprint density at radius 1 is 1.07 bits per heavy atom. The number of amides is 1. The van der Waals surface area contributed by atoms with Crippen LogP contribution in [0.3, 0.4) is 0 Å². The van der Waals surface area contributed by atoms with Gasteiger partial charge >= 0.3 is 5.91 Å². The number of aromatic nitrogens is 3. The number of phenols is 1. The molecule has 0 radical (unpaired) electrons. The number of hydrogen-bond acceptors (Lipinski definition) is 8. The van der Waals surface area contributed by atoms with E-state index >= 15 is 0 Å². The van der Waals surface area contributed by atoms with Crippen molar-refractivity contribution in [2.75, 3.05) is 11.5 Å². The van der Waals surface area contributed by atoms with Crippen molar-refractivity contribution in [2.24, 2.45) is 0 Å². The number of aromatic hydroxyl groups is 1. The fraction of sp³-hybridized carbons (Fsp3) is 0.200. The zero-order valence-electron chi connectivity index (χ0n) is 22.3. The van der Waals surface area contributed by atoms with Crippen molar-refractivity contribution in [1.82, 2.24) is 14.4 Å². The van der Waals surface area contributed by atoms with Crippen LogP contribution >= 0.6 is 11.3 Å². The minimum absolute atomic E-state index is 0.0790. The largest absolute Gasteiger partial charge is 0.505 e. The fourth-order valence-corrected chi connectivity index (χ4v) is 6.20. The van der Waals surface area contributed by atoms with Crippen molar-refractivity contribution >= 4 is 49.8 Å². The van der Waals surface area contributed by atoms with Crippen LogP contribution in [0, 0.1) is 20.8 Å². The zero-order valence-corrected chi connectivity index (χ0v) is 23.1. The number of aliphatic hydroxyl groups is 1. The second-order valence-electron chi connectivity index (χ2n) is 9.73. The lowest BCUT2D eigenvalue weighted by atomic mass is 9.96. The quantitative estimate of drug-likeness (QED) is 0.165. The summed E-state index contributed by atoms with van der Waals surface area (Å²) in [5.74, 6) is -1.92. The molecule has 10 heteroatoms. The second kappa shape index (κ2) is 9.49. The molecule has 0 bridgehead atoms. The molecule has 9 nitrogen and oxygen atoms in total. The van der Waals surface area contributed by atoms with Gasteiger partial charge in [0, 0.05) is 6.20 Å². The number of anilines is 1. The number of imidazole rings is 1. The average Bonchev–Trinajstić information content (AvgIpc) is 3.57. The van der Waals surface area contributed by atoms with Crippen molar-refractivity contribution in [1.29, 1.82) is 0 Å². The molecule has 1 saturated heterocycles. The molecule has 40 heavy (non-hydrogen) atoms. The van der Waals surface area contributed by atoms with E-state index in [1.54, 1.807) is 26.0 Å². The summed E-state index contributed by atoms with van der Waals surface area (Å²) in [5.41, 5.74) is 4.45. The first-order chi connectivity index (χ1) is 19.2. The van der Waals surface area contributed by atoms with E-state index in [4.69, 9.17) is 4.74 Å². The summed E-state index contributed by atoms with van der Waals surface area (Å²) < 4.78 is 8.30. The smallest absolute Gasteiger partial charge is 0.301 e. The lowest BCUT2D eigenvalue weighted by molar-refractivity contribution is -0.132. The molecular weight excluding hydrogens is 528 g/mol. The lowest BCUT2D eigenvalue weighted by Crippen LogP contribution is -2.29. The Kier molecular flexibility index (Phi) is 6.07. The third kappa shape index (κ3) is 3.91. The molecular formula is C30H26N4O5S. The summed E-state index contributed by atoms with van der Waals surface area (Å²) in [7, 11) is 0. The number of benzene rings is 2. The van der Waals surface area contributed by atoms with E-state index < -0.39 is 17.7 Å². The van der Waals surface area contributed by atoms with Gasteiger partial charge in [0.05, 0.1) is 34.1 Å². The highest BCUT2D eigenvalue weighted by molar-refractivity contribution is 7.22. The molecule has 1 unspecified atom stereocenters. The molecule has 3 aromatic heterocycles. The molecule has 2 aromatic carbocycles. The van der Waals surface area contributed by atoms with Crippen molar-refractivity contribution in [3.63, 3.8) is 0 Å². The number of carbonyl (C=O) groups is 2. The van der Waals surface area contributed by atoms with Crippen LogP contribution in [-0.4, -0.2) is 42.9 Å². The van der Waals surface area contributed by atoms with Gasteiger partial charge in [-0.2, -0.15) is 0 Å². The molecule has 2 N–H and O–H groups in total. The van der Waals surface area contributed by atoms with Crippen molar-refractivity contribution in [2.45, 2.75) is 33.7 Å². The van der Waals surface area contributed by atoms with Gasteiger partial charge in [0.1, 0.15) is 11.3 Å². The van der Waals surface area contributed by atoms with E-state index in [1.165, 1.54) is 22.3 Å². The Morgan fingerprint density at radius 2 is 1.88 bits per heavy atom. The molecule has 0 saturated carbocycles. The van der Waals surface area contributed by atoms with E-state index in [0.717, 1.165) is 15.8 Å². The molecule has 0 aliphatic carbocycles. The molecule has 1 amide bonds. The normalized spacial score (nSPS) is 16.9. The highest BCUT2D eigenvalue weighted by Crippen LogP contribution is 2.46. The van der Waals surface area contributed by atoms with Gasteiger partial charge < -0.3 is 19.4 Å². The minimum Gasteiger partial charge on any atom is -0.505 e. The highest BCUT2D eigenvalue weighted by Gasteiger charge is 2.49. The summed E-state index contributed by atoms with van der Waals surface area (Å²) in [6.45, 7) is 7.76. The fourth-order valence-electron chi connectivity index (χ4n) is 5.11. The summed E-state index contributed by atoms with van der Waals surface area (Å²) >= 11 is 1.29. The first-order valence-corrected chi connectivity index (χ1v) is 13.6. The van der Waals surface area contributed by atoms with E-state index in [2.05, 4.69) is 9.97 Å². The number of phenolic OH excluding ortho intramolecular Hbond substituents is 1. The van der Waals surface area contributed by atoms with Gasteiger partial charge in [-0.1, -0.05) is 29.5 Å². The van der Waals surface area contributed by atoms with Crippen molar-refractivity contribution < 1.29 is 24.5 Å². The summed E-state index contributed by atoms with van der Waals surface area (Å²) in [5, 5.41) is 22.4. The van der Waals surface area contributed by atoms with Gasteiger partial charge in [0.15, 0.2) is 22.4 Å². The van der Waals surface area contributed by atoms with E-state index in [1.807, 2.05) is 54.8 Å². The van der Waals surface area contributed by atoms with Crippen LogP contribution in [-0.2, 0) is 9.59 Å². The maximum absolute atomic E-state index is 13.7. The number of carbonyl (C=O) groups excluding carboxylic acids is 2.